The Hall–Kier alpha value is -1.79. The SMILES string of the molecule is N#CC(Nc1ccc(Br)cc1)c1ccc(C2CC2)cc1. The predicted molar refractivity (Wildman–Crippen MR) is 84.5 cm³/mol. The molecule has 0 heterocycles. The zero-order valence-corrected chi connectivity index (χ0v) is 12.6. The van der Waals surface area contributed by atoms with Crippen molar-refractivity contribution in [3.63, 3.8) is 0 Å². The summed E-state index contributed by atoms with van der Waals surface area (Å²) >= 11 is 3.41. The van der Waals surface area contributed by atoms with Crippen molar-refractivity contribution < 1.29 is 0 Å². The zero-order chi connectivity index (χ0) is 13.9. The number of benzene rings is 2. The molecule has 0 aromatic heterocycles. The molecule has 0 aliphatic heterocycles. The van der Waals surface area contributed by atoms with Crippen LogP contribution >= 0.6 is 15.9 Å². The summed E-state index contributed by atoms with van der Waals surface area (Å²) in [6.07, 6.45) is 2.61. The van der Waals surface area contributed by atoms with Crippen LogP contribution in [0.3, 0.4) is 0 Å². The van der Waals surface area contributed by atoms with Gasteiger partial charge in [-0.05, 0) is 54.2 Å². The molecule has 3 rings (SSSR count). The molecule has 0 amide bonds. The van der Waals surface area contributed by atoms with Gasteiger partial charge in [0.2, 0.25) is 0 Å². The van der Waals surface area contributed by atoms with Gasteiger partial charge in [0.1, 0.15) is 6.04 Å². The first-order chi connectivity index (χ1) is 9.76. The van der Waals surface area contributed by atoms with Gasteiger partial charge in [-0.3, -0.25) is 0 Å². The molecule has 1 N–H and O–H groups in total. The van der Waals surface area contributed by atoms with Crippen LogP contribution in [0.5, 0.6) is 0 Å². The van der Waals surface area contributed by atoms with Crippen LogP contribution in [0.25, 0.3) is 0 Å². The summed E-state index contributed by atoms with van der Waals surface area (Å²) in [5.74, 6) is 0.754. The molecule has 2 aromatic carbocycles. The molecule has 2 nitrogen and oxygen atoms in total. The first kappa shape index (κ1) is 13.2. The van der Waals surface area contributed by atoms with E-state index in [4.69, 9.17) is 0 Å². The Bertz CT molecular complexity index is 622. The molecule has 0 saturated heterocycles. The van der Waals surface area contributed by atoms with Gasteiger partial charge in [0.25, 0.3) is 0 Å². The van der Waals surface area contributed by atoms with E-state index in [0.29, 0.717) is 0 Å². The third-order valence-electron chi connectivity index (χ3n) is 3.60. The highest BCUT2D eigenvalue weighted by Crippen LogP contribution is 2.40. The van der Waals surface area contributed by atoms with E-state index in [1.165, 1.54) is 18.4 Å². The molecule has 1 atom stereocenters. The van der Waals surface area contributed by atoms with E-state index >= 15 is 0 Å². The molecular formula is C17H15BrN2. The Morgan fingerprint density at radius 2 is 1.70 bits per heavy atom. The molecule has 3 heteroatoms. The quantitative estimate of drug-likeness (QED) is 0.857. The van der Waals surface area contributed by atoms with Crippen LogP contribution in [-0.4, -0.2) is 0 Å². The van der Waals surface area contributed by atoms with Crippen molar-refractivity contribution in [1.29, 1.82) is 5.26 Å². The summed E-state index contributed by atoms with van der Waals surface area (Å²) in [5.41, 5.74) is 3.36. The molecule has 20 heavy (non-hydrogen) atoms. The molecular weight excluding hydrogens is 312 g/mol. The number of nitriles is 1. The number of nitrogens with zero attached hydrogens (tertiary/aromatic N) is 1. The second-order valence-electron chi connectivity index (χ2n) is 5.15. The van der Waals surface area contributed by atoms with E-state index in [0.717, 1.165) is 21.6 Å². The molecule has 1 unspecified atom stereocenters. The Morgan fingerprint density at radius 3 is 2.25 bits per heavy atom. The van der Waals surface area contributed by atoms with E-state index < -0.39 is 0 Å². The molecule has 0 bridgehead atoms. The Morgan fingerprint density at radius 1 is 1.05 bits per heavy atom. The second kappa shape index (κ2) is 5.68. The predicted octanol–water partition coefficient (Wildman–Crippen LogP) is 5.00. The van der Waals surface area contributed by atoms with Gasteiger partial charge < -0.3 is 5.32 Å². The lowest BCUT2D eigenvalue weighted by atomic mass is 10.0. The van der Waals surface area contributed by atoms with Gasteiger partial charge >= 0.3 is 0 Å². The van der Waals surface area contributed by atoms with Crippen LogP contribution in [0.2, 0.25) is 0 Å². The van der Waals surface area contributed by atoms with Gasteiger partial charge in [-0.25, -0.2) is 0 Å². The molecule has 100 valence electrons. The van der Waals surface area contributed by atoms with Crippen molar-refractivity contribution in [3.05, 3.63) is 64.1 Å². The third-order valence-corrected chi connectivity index (χ3v) is 4.13. The van der Waals surface area contributed by atoms with Gasteiger partial charge in [0.05, 0.1) is 6.07 Å². The number of nitrogens with one attached hydrogen (secondary N) is 1. The summed E-state index contributed by atoms with van der Waals surface area (Å²) in [6.45, 7) is 0. The lowest BCUT2D eigenvalue weighted by molar-refractivity contribution is 0.991. The smallest absolute Gasteiger partial charge is 0.140 e. The van der Waals surface area contributed by atoms with E-state index in [1.54, 1.807) is 0 Å². The number of rotatable bonds is 4. The lowest BCUT2D eigenvalue weighted by Gasteiger charge is -2.14. The highest BCUT2D eigenvalue weighted by molar-refractivity contribution is 9.10. The standard InChI is InChI=1S/C17H15BrN2/c18-15-7-9-16(10-8-15)20-17(11-19)14-5-3-13(4-6-14)12-1-2-12/h3-10,12,17,20H,1-2H2. The minimum Gasteiger partial charge on any atom is -0.366 e. The van der Waals surface area contributed by atoms with E-state index in [2.05, 4.69) is 51.6 Å². The van der Waals surface area contributed by atoms with Crippen LogP contribution in [0.4, 0.5) is 5.69 Å². The normalized spacial score (nSPS) is 15.4. The molecule has 1 saturated carbocycles. The van der Waals surface area contributed by atoms with Crippen LogP contribution in [0, 0.1) is 11.3 Å². The monoisotopic (exact) mass is 326 g/mol. The van der Waals surface area contributed by atoms with Crippen molar-refractivity contribution in [2.24, 2.45) is 0 Å². The van der Waals surface area contributed by atoms with E-state index in [-0.39, 0.29) is 6.04 Å². The van der Waals surface area contributed by atoms with Gasteiger partial charge in [-0.1, -0.05) is 40.2 Å². The first-order valence-corrected chi connectivity index (χ1v) is 7.57. The second-order valence-corrected chi connectivity index (χ2v) is 6.07. The van der Waals surface area contributed by atoms with Crippen molar-refractivity contribution >= 4 is 21.6 Å². The van der Waals surface area contributed by atoms with E-state index in [1.807, 2.05) is 24.3 Å². The molecule has 1 fully saturated rings. The zero-order valence-electron chi connectivity index (χ0n) is 11.0. The maximum absolute atomic E-state index is 9.36. The average molecular weight is 327 g/mol. The van der Waals surface area contributed by atoms with Crippen molar-refractivity contribution in [1.82, 2.24) is 0 Å². The van der Waals surface area contributed by atoms with Gasteiger partial charge in [0, 0.05) is 10.2 Å². The van der Waals surface area contributed by atoms with Gasteiger partial charge in [-0.15, -0.1) is 0 Å². The van der Waals surface area contributed by atoms with Crippen molar-refractivity contribution in [3.8, 4) is 6.07 Å². The fourth-order valence-electron chi connectivity index (χ4n) is 2.28. The number of halogens is 1. The fourth-order valence-corrected chi connectivity index (χ4v) is 2.54. The van der Waals surface area contributed by atoms with Gasteiger partial charge in [0.15, 0.2) is 0 Å². The number of hydrogen-bond donors (Lipinski definition) is 1. The summed E-state index contributed by atoms with van der Waals surface area (Å²) in [6, 6.07) is 18.3. The Kier molecular flexibility index (Phi) is 3.75. The van der Waals surface area contributed by atoms with Crippen LogP contribution in [0.1, 0.15) is 35.9 Å². The average Bonchev–Trinajstić information content (AvgIpc) is 3.32. The van der Waals surface area contributed by atoms with Crippen LogP contribution in [0.15, 0.2) is 53.0 Å². The van der Waals surface area contributed by atoms with Crippen molar-refractivity contribution in [2.45, 2.75) is 24.8 Å². The fraction of sp³-hybridized carbons (Fsp3) is 0.235. The Labute approximate surface area is 127 Å². The summed E-state index contributed by atoms with van der Waals surface area (Å²) < 4.78 is 1.03. The highest BCUT2D eigenvalue weighted by Gasteiger charge is 2.23. The number of anilines is 1. The Balaban J connectivity index is 1.75. The topological polar surface area (TPSA) is 35.8 Å². The van der Waals surface area contributed by atoms with Gasteiger partial charge in [-0.2, -0.15) is 5.26 Å². The molecule has 0 radical (unpaired) electrons. The first-order valence-electron chi connectivity index (χ1n) is 6.78. The summed E-state index contributed by atoms with van der Waals surface area (Å²) in [4.78, 5) is 0. The van der Waals surface area contributed by atoms with Crippen molar-refractivity contribution in [2.75, 3.05) is 5.32 Å². The lowest BCUT2D eigenvalue weighted by Crippen LogP contribution is -2.08. The molecule has 0 spiro atoms. The van der Waals surface area contributed by atoms with Crippen LogP contribution < -0.4 is 5.32 Å². The van der Waals surface area contributed by atoms with E-state index in [9.17, 15) is 5.26 Å². The minimum atomic E-state index is -0.315. The molecule has 2 aromatic rings. The third kappa shape index (κ3) is 3.02. The maximum atomic E-state index is 9.36. The molecule has 1 aliphatic carbocycles. The summed E-state index contributed by atoms with van der Waals surface area (Å²) in [5, 5.41) is 12.6. The maximum Gasteiger partial charge on any atom is 0.140 e. The number of hydrogen-bond acceptors (Lipinski definition) is 2. The molecule has 1 aliphatic rings. The highest BCUT2D eigenvalue weighted by atomic mass is 79.9. The van der Waals surface area contributed by atoms with Crippen LogP contribution in [-0.2, 0) is 0 Å². The summed E-state index contributed by atoms with van der Waals surface area (Å²) in [7, 11) is 0. The largest absolute Gasteiger partial charge is 0.366 e. The minimum absolute atomic E-state index is 0.315.